The summed E-state index contributed by atoms with van der Waals surface area (Å²) >= 11 is 6.26. The zero-order valence-corrected chi connectivity index (χ0v) is 17.5. The summed E-state index contributed by atoms with van der Waals surface area (Å²) in [6.07, 6.45) is 1.53. The van der Waals surface area contributed by atoms with E-state index in [-0.39, 0.29) is 5.56 Å². The second-order valence-electron chi connectivity index (χ2n) is 7.27. The number of H-pyrrole nitrogens is 1. The quantitative estimate of drug-likeness (QED) is 0.499. The number of rotatable bonds is 5. The molecular formula is C22H21ClN6O2. The van der Waals surface area contributed by atoms with Crippen LogP contribution in [-0.4, -0.2) is 46.1 Å². The number of halogens is 1. The lowest BCUT2D eigenvalue weighted by atomic mass is 10.1. The van der Waals surface area contributed by atoms with Crippen LogP contribution in [0, 0.1) is 0 Å². The Balaban J connectivity index is 1.45. The van der Waals surface area contributed by atoms with Gasteiger partial charge < -0.3 is 15.0 Å². The monoisotopic (exact) mass is 436 g/mol. The number of anilines is 2. The highest BCUT2D eigenvalue weighted by Crippen LogP contribution is 2.26. The van der Waals surface area contributed by atoms with Gasteiger partial charge in [0.05, 0.1) is 25.1 Å². The van der Waals surface area contributed by atoms with Gasteiger partial charge in [0.15, 0.2) is 5.65 Å². The zero-order valence-electron chi connectivity index (χ0n) is 16.7. The summed E-state index contributed by atoms with van der Waals surface area (Å²) in [7, 11) is 0. The largest absolute Gasteiger partial charge is 0.378 e. The van der Waals surface area contributed by atoms with Crippen molar-refractivity contribution in [3.8, 4) is 5.69 Å². The first kappa shape index (κ1) is 19.6. The van der Waals surface area contributed by atoms with Crippen LogP contribution in [-0.2, 0) is 11.3 Å². The molecule has 2 N–H and O–H groups in total. The lowest BCUT2D eigenvalue weighted by molar-refractivity contribution is 0.122. The molecule has 0 radical (unpaired) electrons. The zero-order chi connectivity index (χ0) is 21.2. The van der Waals surface area contributed by atoms with E-state index in [4.69, 9.17) is 16.3 Å². The summed E-state index contributed by atoms with van der Waals surface area (Å²) in [4.78, 5) is 22.3. The van der Waals surface area contributed by atoms with Crippen LogP contribution >= 0.6 is 11.6 Å². The molecule has 0 atom stereocenters. The Kier molecular flexibility index (Phi) is 5.31. The maximum absolute atomic E-state index is 12.6. The van der Waals surface area contributed by atoms with E-state index >= 15 is 0 Å². The van der Waals surface area contributed by atoms with E-state index in [2.05, 4.69) is 25.3 Å². The standard InChI is InChI=1S/C22H21ClN6O2/c23-16-6-7-19(28-8-10-31-11-9-28)15(12-16)13-24-22-26-20-18(21(30)27-22)14-25-29(20)17-4-2-1-3-5-17/h1-7,12,14H,8-11,13H2,(H2,24,26,27,30). The number of fused-ring (bicyclic) bond motifs is 1. The molecule has 3 heterocycles. The Morgan fingerprint density at radius 1 is 1.13 bits per heavy atom. The Morgan fingerprint density at radius 2 is 1.94 bits per heavy atom. The highest BCUT2D eigenvalue weighted by atomic mass is 35.5. The van der Waals surface area contributed by atoms with Crippen molar-refractivity contribution in [1.29, 1.82) is 0 Å². The van der Waals surface area contributed by atoms with E-state index in [1.54, 1.807) is 4.68 Å². The number of benzene rings is 2. The van der Waals surface area contributed by atoms with Crippen LogP contribution in [0.3, 0.4) is 0 Å². The number of para-hydroxylation sites is 1. The molecule has 2 aromatic carbocycles. The maximum atomic E-state index is 12.6. The first-order valence-corrected chi connectivity index (χ1v) is 10.5. The van der Waals surface area contributed by atoms with Crippen LogP contribution in [0.1, 0.15) is 5.56 Å². The van der Waals surface area contributed by atoms with Crippen LogP contribution < -0.4 is 15.8 Å². The Hall–Kier alpha value is -3.36. The minimum Gasteiger partial charge on any atom is -0.378 e. The lowest BCUT2D eigenvalue weighted by Gasteiger charge is -2.30. The van der Waals surface area contributed by atoms with E-state index in [1.807, 2.05) is 48.5 Å². The molecule has 4 aromatic rings. The molecule has 5 rings (SSSR count). The van der Waals surface area contributed by atoms with Crippen LogP contribution in [0.15, 0.2) is 59.5 Å². The van der Waals surface area contributed by atoms with Crippen molar-refractivity contribution in [1.82, 2.24) is 19.7 Å². The fraction of sp³-hybridized carbons (Fsp3) is 0.227. The molecule has 1 aliphatic rings. The van der Waals surface area contributed by atoms with Gasteiger partial charge in [-0.05, 0) is 35.9 Å². The fourth-order valence-electron chi connectivity index (χ4n) is 3.75. The smallest absolute Gasteiger partial charge is 0.263 e. The van der Waals surface area contributed by atoms with Gasteiger partial charge in [0.2, 0.25) is 5.95 Å². The van der Waals surface area contributed by atoms with Gasteiger partial charge in [0.25, 0.3) is 5.56 Å². The second-order valence-corrected chi connectivity index (χ2v) is 7.71. The van der Waals surface area contributed by atoms with Crippen molar-refractivity contribution < 1.29 is 4.74 Å². The van der Waals surface area contributed by atoms with Gasteiger partial charge in [-0.1, -0.05) is 29.8 Å². The van der Waals surface area contributed by atoms with E-state index in [0.717, 1.165) is 30.0 Å². The first-order chi connectivity index (χ1) is 15.2. The third-order valence-electron chi connectivity index (χ3n) is 5.28. The lowest BCUT2D eigenvalue weighted by Crippen LogP contribution is -2.36. The summed E-state index contributed by atoms with van der Waals surface area (Å²) in [6.45, 7) is 3.51. The molecule has 0 unspecified atom stereocenters. The summed E-state index contributed by atoms with van der Waals surface area (Å²) in [5.74, 6) is 0.378. The fourth-order valence-corrected chi connectivity index (χ4v) is 3.94. The average Bonchev–Trinajstić information content (AvgIpc) is 3.23. The Bertz CT molecular complexity index is 1260. The van der Waals surface area contributed by atoms with Crippen molar-refractivity contribution >= 4 is 34.3 Å². The van der Waals surface area contributed by atoms with Crippen LogP contribution in [0.25, 0.3) is 16.7 Å². The van der Waals surface area contributed by atoms with Crippen molar-refractivity contribution in [3.63, 3.8) is 0 Å². The molecule has 1 fully saturated rings. The third-order valence-corrected chi connectivity index (χ3v) is 5.51. The molecule has 0 spiro atoms. The molecule has 8 nitrogen and oxygen atoms in total. The van der Waals surface area contributed by atoms with Gasteiger partial charge in [0.1, 0.15) is 5.39 Å². The number of hydrogen-bond acceptors (Lipinski definition) is 6. The van der Waals surface area contributed by atoms with Gasteiger partial charge in [-0.3, -0.25) is 9.78 Å². The molecule has 1 aliphatic heterocycles. The van der Waals surface area contributed by atoms with E-state index in [9.17, 15) is 4.79 Å². The van der Waals surface area contributed by atoms with Gasteiger partial charge >= 0.3 is 0 Å². The molecule has 0 bridgehead atoms. The first-order valence-electron chi connectivity index (χ1n) is 10.1. The molecule has 158 valence electrons. The highest BCUT2D eigenvalue weighted by molar-refractivity contribution is 6.30. The summed E-state index contributed by atoms with van der Waals surface area (Å²) in [5.41, 5.74) is 3.21. The summed E-state index contributed by atoms with van der Waals surface area (Å²) < 4.78 is 7.13. The van der Waals surface area contributed by atoms with Gasteiger partial charge in [-0.15, -0.1) is 0 Å². The topological polar surface area (TPSA) is 88.1 Å². The number of morpholine rings is 1. The van der Waals surface area contributed by atoms with E-state index in [1.165, 1.54) is 6.20 Å². The molecule has 0 amide bonds. The molecule has 31 heavy (non-hydrogen) atoms. The number of nitrogens with zero attached hydrogens (tertiary/aromatic N) is 4. The second kappa shape index (κ2) is 8.41. The number of hydrogen-bond donors (Lipinski definition) is 2. The van der Waals surface area contributed by atoms with E-state index in [0.29, 0.717) is 41.8 Å². The predicted octanol–water partition coefficient (Wildman–Crippen LogP) is 3.21. The Labute approximate surface area is 183 Å². The van der Waals surface area contributed by atoms with Crippen molar-refractivity contribution in [3.05, 3.63) is 75.7 Å². The molecular weight excluding hydrogens is 416 g/mol. The van der Waals surface area contributed by atoms with Crippen molar-refractivity contribution in [2.45, 2.75) is 6.54 Å². The summed E-state index contributed by atoms with van der Waals surface area (Å²) in [6, 6.07) is 15.5. The molecule has 9 heteroatoms. The molecule has 0 aliphatic carbocycles. The number of ether oxygens (including phenoxy) is 1. The minimum absolute atomic E-state index is 0.242. The van der Waals surface area contributed by atoms with Gasteiger partial charge in [0, 0.05) is 30.3 Å². The normalized spacial score (nSPS) is 14.2. The third kappa shape index (κ3) is 3.99. The SMILES string of the molecule is O=c1[nH]c(NCc2cc(Cl)ccc2N2CCOCC2)nc2c1cnn2-c1ccccc1. The Morgan fingerprint density at radius 3 is 2.74 bits per heavy atom. The van der Waals surface area contributed by atoms with Gasteiger partial charge in [-0.25, -0.2) is 4.68 Å². The highest BCUT2D eigenvalue weighted by Gasteiger charge is 2.16. The van der Waals surface area contributed by atoms with Crippen molar-refractivity contribution in [2.75, 3.05) is 36.5 Å². The van der Waals surface area contributed by atoms with Crippen LogP contribution in [0.4, 0.5) is 11.6 Å². The molecule has 1 saturated heterocycles. The molecule has 0 saturated carbocycles. The van der Waals surface area contributed by atoms with Crippen LogP contribution in [0.2, 0.25) is 5.02 Å². The number of aromatic nitrogens is 4. The minimum atomic E-state index is -0.242. The average molecular weight is 437 g/mol. The predicted molar refractivity (Wildman–Crippen MR) is 121 cm³/mol. The van der Waals surface area contributed by atoms with E-state index < -0.39 is 0 Å². The summed E-state index contributed by atoms with van der Waals surface area (Å²) in [5, 5.41) is 8.68. The molecule has 2 aromatic heterocycles. The maximum Gasteiger partial charge on any atom is 0.263 e. The number of nitrogens with one attached hydrogen (secondary N) is 2. The van der Waals surface area contributed by atoms with Crippen molar-refractivity contribution in [2.24, 2.45) is 0 Å². The number of aromatic amines is 1. The van der Waals surface area contributed by atoms with Gasteiger partial charge in [-0.2, -0.15) is 10.1 Å². The van der Waals surface area contributed by atoms with Crippen LogP contribution in [0.5, 0.6) is 0 Å².